The number of nitrogens with zero attached hydrogens (tertiary/aromatic N) is 2. The van der Waals surface area contributed by atoms with E-state index in [4.69, 9.17) is 0 Å². The molecule has 98 valence electrons. The first-order valence-electron chi connectivity index (χ1n) is 5.93. The SMILES string of the molecule is CC.CC.Cc1cnc(C)s1.Cc1nccs1. The van der Waals surface area contributed by atoms with Crippen LogP contribution >= 0.6 is 22.7 Å². The van der Waals surface area contributed by atoms with Crippen LogP contribution in [0.3, 0.4) is 0 Å². The molecule has 0 atom stereocenters. The molecule has 0 saturated carbocycles. The molecule has 0 spiro atoms. The van der Waals surface area contributed by atoms with E-state index in [9.17, 15) is 0 Å². The summed E-state index contributed by atoms with van der Waals surface area (Å²) in [6.45, 7) is 14.1. The van der Waals surface area contributed by atoms with Gasteiger partial charge < -0.3 is 0 Å². The molecule has 4 heteroatoms. The van der Waals surface area contributed by atoms with Crippen LogP contribution in [0.4, 0.5) is 0 Å². The van der Waals surface area contributed by atoms with Gasteiger partial charge in [-0.2, -0.15) is 0 Å². The predicted molar refractivity (Wildman–Crippen MR) is 81.1 cm³/mol. The Balaban J connectivity index is 0. The number of hydrogen-bond acceptors (Lipinski definition) is 4. The van der Waals surface area contributed by atoms with Gasteiger partial charge in [0, 0.05) is 22.7 Å². The van der Waals surface area contributed by atoms with Crippen LogP contribution < -0.4 is 0 Å². The largest absolute Gasteiger partial charge is 0.250 e. The van der Waals surface area contributed by atoms with E-state index < -0.39 is 0 Å². The van der Waals surface area contributed by atoms with Crippen molar-refractivity contribution < 1.29 is 0 Å². The van der Waals surface area contributed by atoms with Crippen LogP contribution in [0.1, 0.15) is 42.6 Å². The first-order chi connectivity index (χ1) is 8.18. The minimum atomic E-state index is 1.13. The first-order valence-corrected chi connectivity index (χ1v) is 7.63. The van der Waals surface area contributed by atoms with Gasteiger partial charge in [0.25, 0.3) is 0 Å². The Bertz CT molecular complexity index is 323. The fourth-order valence-corrected chi connectivity index (χ4v) is 1.88. The number of rotatable bonds is 0. The molecule has 0 aliphatic rings. The van der Waals surface area contributed by atoms with Gasteiger partial charge in [-0.15, -0.1) is 22.7 Å². The second-order valence-corrected chi connectivity index (χ2v) is 5.08. The molecule has 0 amide bonds. The molecule has 2 rings (SSSR count). The minimum absolute atomic E-state index is 1.13. The second kappa shape index (κ2) is 13.3. The third-order valence-corrected chi connectivity index (χ3v) is 2.83. The van der Waals surface area contributed by atoms with Crippen LogP contribution in [0, 0.1) is 20.8 Å². The van der Waals surface area contributed by atoms with Gasteiger partial charge in [-0.25, -0.2) is 4.98 Å². The van der Waals surface area contributed by atoms with E-state index in [0.29, 0.717) is 0 Å². The molecule has 0 radical (unpaired) electrons. The first kappa shape index (κ1) is 18.6. The van der Waals surface area contributed by atoms with E-state index in [1.807, 2.05) is 53.1 Å². The Hall–Kier alpha value is -0.740. The third kappa shape index (κ3) is 11.5. The Kier molecular flexibility index (Phi) is 14.6. The fourth-order valence-electron chi connectivity index (χ4n) is 0.762. The van der Waals surface area contributed by atoms with Gasteiger partial charge in [-0.3, -0.25) is 4.98 Å². The molecular formula is C13H24N2S2. The average molecular weight is 272 g/mol. The van der Waals surface area contributed by atoms with Gasteiger partial charge in [0.15, 0.2) is 0 Å². The van der Waals surface area contributed by atoms with E-state index in [1.54, 1.807) is 28.9 Å². The highest BCUT2D eigenvalue weighted by Crippen LogP contribution is 2.07. The maximum absolute atomic E-state index is 4.03. The average Bonchev–Trinajstić information content (AvgIpc) is 2.97. The minimum Gasteiger partial charge on any atom is -0.250 e. The molecule has 0 aliphatic carbocycles. The highest BCUT2D eigenvalue weighted by Gasteiger charge is 1.86. The van der Waals surface area contributed by atoms with Crippen molar-refractivity contribution in [2.75, 3.05) is 0 Å². The highest BCUT2D eigenvalue weighted by molar-refractivity contribution is 7.11. The highest BCUT2D eigenvalue weighted by atomic mass is 32.1. The molecule has 2 aromatic rings. The Morgan fingerprint density at radius 2 is 1.47 bits per heavy atom. The maximum Gasteiger partial charge on any atom is 0.0896 e. The molecule has 2 nitrogen and oxygen atoms in total. The molecule has 0 bridgehead atoms. The van der Waals surface area contributed by atoms with Gasteiger partial charge in [-0.1, -0.05) is 27.7 Å². The Morgan fingerprint density at radius 3 is 1.59 bits per heavy atom. The third-order valence-electron chi connectivity index (χ3n) is 1.29. The van der Waals surface area contributed by atoms with Gasteiger partial charge in [-0.05, 0) is 20.8 Å². The van der Waals surface area contributed by atoms with E-state index in [0.717, 1.165) is 10.0 Å². The quantitative estimate of drug-likeness (QED) is 0.653. The summed E-state index contributed by atoms with van der Waals surface area (Å²) in [5, 5.41) is 4.25. The number of thiazole rings is 2. The van der Waals surface area contributed by atoms with E-state index in [-0.39, 0.29) is 0 Å². The lowest BCUT2D eigenvalue weighted by molar-refractivity contribution is 1.28. The summed E-state index contributed by atoms with van der Waals surface area (Å²) in [7, 11) is 0. The number of hydrogen-bond donors (Lipinski definition) is 0. The van der Waals surface area contributed by atoms with Crippen molar-refractivity contribution in [2.45, 2.75) is 48.5 Å². The molecule has 0 aliphatic heterocycles. The van der Waals surface area contributed by atoms with Gasteiger partial charge in [0.1, 0.15) is 0 Å². The van der Waals surface area contributed by atoms with Gasteiger partial charge in [0.2, 0.25) is 0 Å². The molecular weight excluding hydrogens is 248 g/mol. The molecule has 17 heavy (non-hydrogen) atoms. The monoisotopic (exact) mass is 272 g/mol. The second-order valence-electron chi connectivity index (χ2n) is 2.54. The summed E-state index contributed by atoms with van der Waals surface area (Å²) >= 11 is 3.40. The molecule has 2 aromatic heterocycles. The lowest BCUT2D eigenvalue weighted by Crippen LogP contribution is -1.57. The summed E-state index contributed by atoms with van der Waals surface area (Å²) in [5.74, 6) is 0. The standard InChI is InChI=1S/C5H7NS.C4H5NS.2C2H6/c1-4-3-6-5(2)7-4;1-4-5-2-3-6-4;2*1-2/h3H,1-2H3;2-3H,1H3;2*1-2H3. The molecule has 2 heterocycles. The van der Waals surface area contributed by atoms with Crippen LogP contribution in [0.5, 0.6) is 0 Å². The molecule has 0 fully saturated rings. The Morgan fingerprint density at radius 1 is 0.882 bits per heavy atom. The van der Waals surface area contributed by atoms with E-state index in [2.05, 4.69) is 16.9 Å². The van der Waals surface area contributed by atoms with Crippen molar-refractivity contribution in [1.29, 1.82) is 0 Å². The van der Waals surface area contributed by atoms with Crippen LogP contribution in [0.15, 0.2) is 17.8 Å². The van der Waals surface area contributed by atoms with Crippen LogP contribution in [-0.4, -0.2) is 9.97 Å². The number of aromatic nitrogens is 2. The summed E-state index contributed by atoms with van der Waals surface area (Å²) < 4.78 is 0. The van der Waals surface area contributed by atoms with Crippen molar-refractivity contribution in [2.24, 2.45) is 0 Å². The van der Waals surface area contributed by atoms with Gasteiger partial charge >= 0.3 is 0 Å². The predicted octanol–water partition coefficient (Wildman–Crippen LogP) is 5.26. The van der Waals surface area contributed by atoms with E-state index >= 15 is 0 Å². The topological polar surface area (TPSA) is 25.8 Å². The molecule has 0 unspecified atom stereocenters. The summed E-state index contributed by atoms with van der Waals surface area (Å²) in [5.41, 5.74) is 0. The van der Waals surface area contributed by atoms with Crippen molar-refractivity contribution in [3.05, 3.63) is 32.7 Å². The number of aryl methyl sites for hydroxylation is 3. The zero-order valence-corrected chi connectivity index (χ0v) is 13.6. The summed E-state index contributed by atoms with van der Waals surface area (Å²) in [4.78, 5) is 9.26. The van der Waals surface area contributed by atoms with Crippen molar-refractivity contribution in [3.63, 3.8) is 0 Å². The van der Waals surface area contributed by atoms with Gasteiger partial charge in [0.05, 0.1) is 10.0 Å². The van der Waals surface area contributed by atoms with Crippen molar-refractivity contribution in [3.8, 4) is 0 Å². The maximum atomic E-state index is 4.03. The smallest absolute Gasteiger partial charge is 0.0896 e. The zero-order chi connectivity index (χ0) is 13.7. The molecule has 0 N–H and O–H groups in total. The van der Waals surface area contributed by atoms with Crippen molar-refractivity contribution in [1.82, 2.24) is 9.97 Å². The van der Waals surface area contributed by atoms with E-state index in [1.165, 1.54) is 4.88 Å². The van der Waals surface area contributed by atoms with Crippen LogP contribution in [0.2, 0.25) is 0 Å². The summed E-state index contributed by atoms with van der Waals surface area (Å²) in [6, 6.07) is 0. The Labute approximate surface area is 114 Å². The lowest BCUT2D eigenvalue weighted by Gasteiger charge is -1.68. The molecule has 0 aromatic carbocycles. The summed E-state index contributed by atoms with van der Waals surface area (Å²) in [6.07, 6.45) is 3.69. The zero-order valence-electron chi connectivity index (χ0n) is 11.9. The van der Waals surface area contributed by atoms with Crippen molar-refractivity contribution >= 4 is 22.7 Å². The molecule has 0 saturated heterocycles. The van der Waals surface area contributed by atoms with Crippen LogP contribution in [0.25, 0.3) is 0 Å². The normalized spacial score (nSPS) is 7.71. The fraction of sp³-hybridized carbons (Fsp3) is 0.538. The lowest BCUT2D eigenvalue weighted by atomic mass is 10.6. The van der Waals surface area contributed by atoms with Crippen LogP contribution in [-0.2, 0) is 0 Å².